The summed E-state index contributed by atoms with van der Waals surface area (Å²) in [4.78, 5) is 42.4. The maximum absolute atomic E-state index is 13.2. The van der Waals surface area contributed by atoms with E-state index in [-0.39, 0.29) is 35.6 Å². The molecular weight excluding hydrogens is 390 g/mol. The zero-order valence-corrected chi connectivity index (χ0v) is 17.7. The van der Waals surface area contributed by atoms with Gasteiger partial charge >= 0.3 is 0 Å². The molecule has 158 valence electrons. The fourth-order valence-corrected chi connectivity index (χ4v) is 5.90. The van der Waals surface area contributed by atoms with Gasteiger partial charge in [0.05, 0.1) is 13.0 Å². The van der Waals surface area contributed by atoms with E-state index in [1.54, 1.807) is 18.4 Å². The van der Waals surface area contributed by atoms with Gasteiger partial charge in [0.25, 0.3) is 0 Å². The maximum atomic E-state index is 13.2. The number of amides is 3. The lowest BCUT2D eigenvalue weighted by molar-refractivity contribution is -0.163. The minimum atomic E-state index is -0.485. The number of hydrogen-bond donors (Lipinski definition) is 1. The van der Waals surface area contributed by atoms with Gasteiger partial charge in [0.2, 0.25) is 17.7 Å². The number of thiophene rings is 1. The first-order chi connectivity index (χ1) is 14.1. The van der Waals surface area contributed by atoms with Crippen LogP contribution >= 0.6 is 11.3 Å². The standard InChI is InChI=1S/C21H29N3O4S/c1-28-7-5-18(25)23-11-15-9-16(12-23)20(24-17(15)3-2-4-19(24)26)21(27)22-10-14-6-8-29-13-14/h6,8,13,15-17,20H,2-5,7,9-12H2,1H3,(H,22,27)/t15-,16+,17-,20+/m0/s1. The lowest BCUT2D eigenvalue weighted by Gasteiger charge is -2.55. The van der Waals surface area contributed by atoms with Crippen LogP contribution in [0.15, 0.2) is 16.8 Å². The molecule has 29 heavy (non-hydrogen) atoms. The second-order valence-electron chi connectivity index (χ2n) is 8.35. The van der Waals surface area contributed by atoms with Crippen molar-refractivity contribution in [1.82, 2.24) is 15.1 Å². The number of carbonyl (C=O) groups is 3. The van der Waals surface area contributed by atoms with Crippen molar-refractivity contribution in [2.45, 2.75) is 50.7 Å². The first-order valence-electron chi connectivity index (χ1n) is 10.4. The average molecular weight is 420 g/mol. The van der Waals surface area contributed by atoms with Crippen molar-refractivity contribution in [2.24, 2.45) is 11.8 Å². The molecule has 3 fully saturated rings. The molecule has 4 rings (SSSR count). The number of likely N-dealkylation sites (tertiary alicyclic amines) is 1. The number of methoxy groups -OCH3 is 1. The van der Waals surface area contributed by atoms with Gasteiger partial charge in [-0.1, -0.05) is 0 Å². The van der Waals surface area contributed by atoms with Crippen LogP contribution in [0.2, 0.25) is 0 Å². The molecule has 3 aliphatic rings. The van der Waals surface area contributed by atoms with Crippen LogP contribution in [0.5, 0.6) is 0 Å². The van der Waals surface area contributed by atoms with Crippen molar-refractivity contribution in [2.75, 3.05) is 26.8 Å². The Bertz CT molecular complexity index is 753. The smallest absolute Gasteiger partial charge is 0.243 e. The Kier molecular flexibility index (Phi) is 6.20. The number of piperidine rings is 3. The highest BCUT2D eigenvalue weighted by Crippen LogP contribution is 2.41. The van der Waals surface area contributed by atoms with Gasteiger partial charge in [0.15, 0.2) is 0 Å². The highest BCUT2D eigenvalue weighted by molar-refractivity contribution is 7.07. The number of hydrogen-bond acceptors (Lipinski definition) is 5. The SMILES string of the molecule is COCCC(=O)N1C[C@@H]2C[C@H](C1)[C@H](C(=O)NCc1ccsc1)N1C(=O)CCC[C@@H]21. The number of carbonyl (C=O) groups excluding carboxylic acids is 3. The van der Waals surface area contributed by atoms with Crippen LogP contribution in [0.25, 0.3) is 0 Å². The lowest BCUT2D eigenvalue weighted by atomic mass is 9.71. The third kappa shape index (κ3) is 4.19. The van der Waals surface area contributed by atoms with Crippen LogP contribution in [0.1, 0.15) is 37.7 Å². The molecule has 0 unspecified atom stereocenters. The van der Waals surface area contributed by atoms with Gasteiger partial charge < -0.3 is 19.9 Å². The minimum absolute atomic E-state index is 0.0129. The van der Waals surface area contributed by atoms with Crippen LogP contribution in [0.4, 0.5) is 0 Å². The van der Waals surface area contributed by atoms with Crippen LogP contribution in [0, 0.1) is 11.8 Å². The molecule has 0 radical (unpaired) electrons. The second kappa shape index (κ2) is 8.83. The summed E-state index contributed by atoms with van der Waals surface area (Å²) < 4.78 is 5.06. The summed E-state index contributed by atoms with van der Waals surface area (Å²) in [6.07, 6.45) is 3.55. The van der Waals surface area contributed by atoms with E-state index in [1.165, 1.54) is 0 Å². The first kappa shape index (κ1) is 20.3. The number of nitrogens with zero attached hydrogens (tertiary/aromatic N) is 2. The van der Waals surface area contributed by atoms with Gasteiger partial charge in [0, 0.05) is 45.1 Å². The molecule has 7 nitrogen and oxygen atoms in total. The predicted octanol–water partition coefficient (Wildman–Crippen LogP) is 1.63. The molecule has 4 atom stereocenters. The molecule has 3 saturated heterocycles. The van der Waals surface area contributed by atoms with Gasteiger partial charge in [-0.2, -0.15) is 11.3 Å². The molecule has 1 aromatic rings. The van der Waals surface area contributed by atoms with E-state index in [0.29, 0.717) is 39.1 Å². The van der Waals surface area contributed by atoms with E-state index in [0.717, 1.165) is 24.8 Å². The van der Waals surface area contributed by atoms with Crippen molar-refractivity contribution in [3.05, 3.63) is 22.4 Å². The Hall–Kier alpha value is -1.93. The Morgan fingerprint density at radius 3 is 2.90 bits per heavy atom. The molecule has 0 aliphatic carbocycles. The predicted molar refractivity (Wildman–Crippen MR) is 109 cm³/mol. The summed E-state index contributed by atoms with van der Waals surface area (Å²) in [6, 6.07) is 1.57. The van der Waals surface area contributed by atoms with E-state index < -0.39 is 6.04 Å². The molecule has 4 heterocycles. The third-order valence-corrected chi connectivity index (χ3v) is 7.26. The minimum Gasteiger partial charge on any atom is -0.384 e. The maximum Gasteiger partial charge on any atom is 0.243 e. The van der Waals surface area contributed by atoms with Gasteiger partial charge in [-0.15, -0.1) is 0 Å². The zero-order valence-electron chi connectivity index (χ0n) is 16.8. The monoisotopic (exact) mass is 419 g/mol. The van der Waals surface area contributed by atoms with Crippen LogP contribution in [-0.4, -0.2) is 66.4 Å². The second-order valence-corrected chi connectivity index (χ2v) is 9.13. The number of rotatable bonds is 6. The largest absolute Gasteiger partial charge is 0.384 e. The highest BCUT2D eigenvalue weighted by atomic mass is 32.1. The summed E-state index contributed by atoms with van der Waals surface area (Å²) in [6.45, 7) is 2.09. The van der Waals surface area contributed by atoms with Crippen molar-refractivity contribution in [3.63, 3.8) is 0 Å². The molecule has 1 N–H and O–H groups in total. The summed E-state index contributed by atoms with van der Waals surface area (Å²) in [5.41, 5.74) is 1.07. The van der Waals surface area contributed by atoms with E-state index >= 15 is 0 Å². The highest BCUT2D eigenvalue weighted by Gasteiger charge is 2.52. The van der Waals surface area contributed by atoms with Crippen LogP contribution in [0.3, 0.4) is 0 Å². The quantitative estimate of drug-likeness (QED) is 0.760. The molecule has 8 heteroatoms. The molecule has 1 aromatic heterocycles. The van der Waals surface area contributed by atoms with Gasteiger partial charge in [-0.3, -0.25) is 14.4 Å². The topological polar surface area (TPSA) is 79.0 Å². The summed E-state index contributed by atoms with van der Waals surface area (Å²) in [7, 11) is 1.59. The molecule has 3 aliphatic heterocycles. The molecular formula is C21H29N3O4S. The van der Waals surface area contributed by atoms with Gasteiger partial charge in [-0.05, 0) is 47.6 Å². The van der Waals surface area contributed by atoms with Crippen molar-refractivity contribution in [3.8, 4) is 0 Å². The number of nitrogens with one attached hydrogen (secondary N) is 1. The molecule has 0 aromatic carbocycles. The Balaban J connectivity index is 1.53. The average Bonchev–Trinajstić information content (AvgIpc) is 3.24. The molecule has 3 amide bonds. The third-order valence-electron chi connectivity index (χ3n) is 6.53. The fourth-order valence-electron chi connectivity index (χ4n) is 5.23. The number of ether oxygens (including phenoxy) is 1. The van der Waals surface area contributed by atoms with E-state index in [2.05, 4.69) is 5.32 Å². The number of fused-ring (bicyclic) bond motifs is 4. The Morgan fingerprint density at radius 2 is 2.14 bits per heavy atom. The van der Waals surface area contributed by atoms with Crippen molar-refractivity contribution < 1.29 is 19.1 Å². The fraction of sp³-hybridized carbons (Fsp3) is 0.667. The Labute approximate surface area is 175 Å². The van der Waals surface area contributed by atoms with Gasteiger partial charge in [-0.25, -0.2) is 0 Å². The normalized spacial score (nSPS) is 28.8. The molecule has 2 bridgehead atoms. The van der Waals surface area contributed by atoms with Crippen molar-refractivity contribution >= 4 is 29.1 Å². The Morgan fingerprint density at radius 1 is 1.31 bits per heavy atom. The summed E-state index contributed by atoms with van der Waals surface area (Å²) >= 11 is 1.60. The van der Waals surface area contributed by atoms with E-state index in [9.17, 15) is 14.4 Å². The van der Waals surface area contributed by atoms with Crippen LogP contribution < -0.4 is 5.32 Å². The van der Waals surface area contributed by atoms with E-state index in [4.69, 9.17) is 4.74 Å². The summed E-state index contributed by atoms with van der Waals surface area (Å²) in [5, 5.41) is 7.04. The van der Waals surface area contributed by atoms with Gasteiger partial charge in [0.1, 0.15) is 6.04 Å². The van der Waals surface area contributed by atoms with Crippen LogP contribution in [-0.2, 0) is 25.7 Å². The molecule has 0 saturated carbocycles. The lowest BCUT2D eigenvalue weighted by Crippen LogP contribution is -2.68. The van der Waals surface area contributed by atoms with Crippen molar-refractivity contribution in [1.29, 1.82) is 0 Å². The first-order valence-corrected chi connectivity index (χ1v) is 11.4. The van der Waals surface area contributed by atoms with E-state index in [1.807, 2.05) is 26.6 Å². The molecule has 0 spiro atoms. The zero-order chi connectivity index (χ0) is 20.4. The summed E-state index contributed by atoms with van der Waals surface area (Å²) in [5.74, 6) is 0.317.